The maximum absolute atomic E-state index is 13.8. The summed E-state index contributed by atoms with van der Waals surface area (Å²) in [6.07, 6.45) is 4.98. The number of aliphatic hydroxyl groups is 1. The minimum absolute atomic E-state index is 0.0487. The van der Waals surface area contributed by atoms with Crippen molar-refractivity contribution in [2.45, 2.75) is 69.0 Å². The lowest BCUT2D eigenvalue weighted by molar-refractivity contribution is -0.132. The van der Waals surface area contributed by atoms with Crippen molar-refractivity contribution in [1.82, 2.24) is 10.2 Å². The quantitative estimate of drug-likeness (QED) is 0.0291. The molecule has 2 heterocycles. The molecule has 1 N–H and O–H groups in total. The first-order valence-corrected chi connectivity index (χ1v) is 18.2. The molecule has 0 bridgehead atoms. The number of unbranched alkanes of at least 4 members (excludes halogenated alkanes) is 3. The minimum Gasteiger partial charge on any atom is -0.507 e. The second kappa shape index (κ2) is 17.2. The van der Waals surface area contributed by atoms with Gasteiger partial charge in [0.2, 0.25) is 5.13 Å². The van der Waals surface area contributed by atoms with Crippen molar-refractivity contribution in [2.75, 3.05) is 24.7 Å². The van der Waals surface area contributed by atoms with Crippen molar-refractivity contribution in [2.24, 2.45) is 0 Å². The van der Waals surface area contributed by atoms with Crippen molar-refractivity contribution in [3.05, 3.63) is 95.1 Å². The lowest BCUT2D eigenvalue weighted by atomic mass is 9.95. The number of amides is 1. The molecule has 1 unspecified atom stereocenters. The smallest absolute Gasteiger partial charge is 0.301 e. The molecule has 4 aromatic rings. The van der Waals surface area contributed by atoms with Crippen molar-refractivity contribution in [3.8, 4) is 17.2 Å². The lowest BCUT2D eigenvalue weighted by Gasteiger charge is -2.23. The number of hydrogen-bond acceptors (Lipinski definition) is 10. The molecule has 11 heteroatoms. The monoisotopic (exact) mass is 687 g/mol. The zero-order valence-corrected chi connectivity index (χ0v) is 29.1. The Morgan fingerprint density at radius 1 is 0.854 bits per heavy atom. The van der Waals surface area contributed by atoms with Crippen LogP contribution in [0.4, 0.5) is 5.13 Å². The Labute approximate surface area is 290 Å². The van der Waals surface area contributed by atoms with Gasteiger partial charge in [-0.15, -0.1) is 10.2 Å². The number of ether oxygens (including phenoxy) is 3. The zero-order chi connectivity index (χ0) is 33.9. The maximum atomic E-state index is 13.8. The van der Waals surface area contributed by atoms with Crippen molar-refractivity contribution >= 4 is 45.7 Å². The first kappa shape index (κ1) is 35.0. The number of aliphatic hydroxyl groups excluding tert-OH is 1. The van der Waals surface area contributed by atoms with Crippen LogP contribution in [0.3, 0.4) is 0 Å². The van der Waals surface area contributed by atoms with Gasteiger partial charge in [-0.2, -0.15) is 0 Å². The normalized spacial score (nSPS) is 15.6. The van der Waals surface area contributed by atoms with Gasteiger partial charge in [0.15, 0.2) is 15.8 Å². The van der Waals surface area contributed by atoms with Crippen LogP contribution in [-0.4, -0.2) is 46.8 Å². The zero-order valence-electron chi connectivity index (χ0n) is 27.5. The summed E-state index contributed by atoms with van der Waals surface area (Å²) in [5.41, 5.74) is 2.03. The third-order valence-electron chi connectivity index (χ3n) is 7.73. The van der Waals surface area contributed by atoms with Gasteiger partial charge in [-0.05, 0) is 67.3 Å². The van der Waals surface area contributed by atoms with Crippen LogP contribution >= 0.6 is 23.1 Å². The largest absolute Gasteiger partial charge is 0.507 e. The molecule has 0 spiro atoms. The van der Waals surface area contributed by atoms with Crippen LogP contribution in [0.2, 0.25) is 0 Å². The van der Waals surface area contributed by atoms with Crippen LogP contribution in [0.5, 0.6) is 17.2 Å². The third kappa shape index (κ3) is 8.38. The van der Waals surface area contributed by atoms with Gasteiger partial charge in [-0.25, -0.2) is 0 Å². The molecular weight excluding hydrogens is 647 g/mol. The Balaban J connectivity index is 1.53. The highest BCUT2D eigenvalue weighted by atomic mass is 32.2. The van der Waals surface area contributed by atoms with Gasteiger partial charge in [0, 0.05) is 11.3 Å². The Bertz CT molecular complexity index is 1710. The lowest BCUT2D eigenvalue weighted by Crippen LogP contribution is -2.29. The Kier molecular flexibility index (Phi) is 12.5. The van der Waals surface area contributed by atoms with E-state index in [2.05, 4.69) is 24.0 Å². The average Bonchev–Trinajstić information content (AvgIpc) is 3.68. The summed E-state index contributed by atoms with van der Waals surface area (Å²) in [6.45, 7) is 7.62. The molecule has 9 nitrogen and oxygen atoms in total. The number of carbonyl (C=O) groups excluding carboxylic acids is 2. The number of anilines is 1. The molecule has 252 valence electrons. The van der Waals surface area contributed by atoms with Gasteiger partial charge >= 0.3 is 5.91 Å². The number of benzene rings is 3. The SMILES string of the molecule is CCCCCOc1ccc(C2/C(=C(/O)c3ccc(OCCCC)cc3)C(=O)C(=O)N2c2nnc(SCc3ccccc3)s2)cc1OCC. The molecule has 1 aliphatic heterocycles. The number of hydrogen-bond donors (Lipinski definition) is 1. The Morgan fingerprint density at radius 2 is 1.60 bits per heavy atom. The first-order valence-electron chi connectivity index (χ1n) is 16.4. The summed E-state index contributed by atoms with van der Waals surface area (Å²) in [7, 11) is 0. The highest BCUT2D eigenvalue weighted by Crippen LogP contribution is 2.45. The number of nitrogens with zero attached hydrogens (tertiary/aromatic N) is 3. The molecular formula is C37H41N3O6S2. The van der Waals surface area contributed by atoms with Crippen molar-refractivity contribution < 1.29 is 28.9 Å². The fourth-order valence-electron chi connectivity index (χ4n) is 5.24. The molecule has 1 saturated heterocycles. The molecule has 1 amide bonds. The first-order chi connectivity index (χ1) is 23.4. The topological polar surface area (TPSA) is 111 Å². The van der Waals surface area contributed by atoms with Crippen LogP contribution in [0.15, 0.2) is 82.7 Å². The average molecular weight is 688 g/mol. The summed E-state index contributed by atoms with van der Waals surface area (Å²) < 4.78 is 18.4. The van der Waals surface area contributed by atoms with E-state index in [1.165, 1.54) is 28.0 Å². The number of aromatic nitrogens is 2. The van der Waals surface area contributed by atoms with Crippen molar-refractivity contribution in [1.29, 1.82) is 0 Å². The molecule has 0 radical (unpaired) electrons. The van der Waals surface area contributed by atoms with Gasteiger partial charge in [0.1, 0.15) is 11.5 Å². The highest BCUT2D eigenvalue weighted by Gasteiger charge is 2.48. The minimum atomic E-state index is -0.987. The highest BCUT2D eigenvalue weighted by molar-refractivity contribution is 8.00. The second-order valence-corrected chi connectivity index (χ2v) is 13.4. The van der Waals surface area contributed by atoms with E-state index in [4.69, 9.17) is 14.2 Å². The van der Waals surface area contributed by atoms with Gasteiger partial charge in [-0.3, -0.25) is 14.5 Å². The number of ketones is 1. The Hall–Kier alpha value is -4.35. The van der Waals surface area contributed by atoms with Crippen LogP contribution < -0.4 is 19.1 Å². The van der Waals surface area contributed by atoms with Gasteiger partial charge in [-0.1, -0.05) is 92.6 Å². The van der Waals surface area contributed by atoms with E-state index in [-0.39, 0.29) is 16.5 Å². The van der Waals surface area contributed by atoms with E-state index in [1.54, 1.807) is 42.5 Å². The molecule has 1 atom stereocenters. The van der Waals surface area contributed by atoms with E-state index in [0.29, 0.717) is 58.3 Å². The molecule has 5 rings (SSSR count). The number of carbonyl (C=O) groups is 2. The van der Waals surface area contributed by atoms with E-state index < -0.39 is 17.7 Å². The summed E-state index contributed by atoms with van der Waals surface area (Å²) >= 11 is 2.72. The molecule has 3 aromatic carbocycles. The van der Waals surface area contributed by atoms with Gasteiger partial charge in [0.25, 0.3) is 5.78 Å². The van der Waals surface area contributed by atoms with Crippen LogP contribution in [-0.2, 0) is 15.3 Å². The summed E-state index contributed by atoms with van der Waals surface area (Å²) in [5, 5.41) is 20.6. The fraction of sp³-hybridized carbons (Fsp3) is 0.351. The summed E-state index contributed by atoms with van der Waals surface area (Å²) in [5.74, 6) is 0.490. The van der Waals surface area contributed by atoms with Crippen LogP contribution in [0, 0.1) is 0 Å². The number of Topliss-reactive ketones (excluding diaryl/α,β-unsaturated/α-hetero) is 1. The molecule has 48 heavy (non-hydrogen) atoms. The third-order valence-corrected chi connectivity index (χ3v) is 9.86. The van der Waals surface area contributed by atoms with Crippen LogP contribution in [0.25, 0.3) is 5.76 Å². The number of rotatable bonds is 17. The van der Waals surface area contributed by atoms with Crippen molar-refractivity contribution in [3.63, 3.8) is 0 Å². The maximum Gasteiger partial charge on any atom is 0.301 e. The van der Waals surface area contributed by atoms with Gasteiger partial charge in [0.05, 0.1) is 31.4 Å². The summed E-state index contributed by atoms with van der Waals surface area (Å²) in [4.78, 5) is 28.9. The predicted molar refractivity (Wildman–Crippen MR) is 190 cm³/mol. The standard InChI is InChI=1S/C37H41N3O6S2/c1-4-7-12-22-46-29-20-17-27(23-30(29)44-6-3)32-31(33(41)26-15-18-28(19-16-26)45-21-8-5-2)34(42)35(43)40(32)36-38-39-37(48-36)47-24-25-13-10-9-11-14-25/h9-11,13-20,23,32,41H,4-8,12,21-22,24H2,1-3H3/b33-31-. The molecule has 1 aromatic heterocycles. The number of thioether (sulfide) groups is 1. The van der Waals surface area contributed by atoms with Gasteiger partial charge < -0.3 is 19.3 Å². The van der Waals surface area contributed by atoms with E-state index in [1.807, 2.05) is 37.3 Å². The molecule has 1 aliphatic rings. The van der Waals surface area contributed by atoms with Crippen LogP contribution in [0.1, 0.15) is 75.6 Å². The van der Waals surface area contributed by atoms with E-state index in [0.717, 1.165) is 37.7 Å². The second-order valence-electron chi connectivity index (χ2n) is 11.2. The predicted octanol–water partition coefficient (Wildman–Crippen LogP) is 8.60. The molecule has 1 fully saturated rings. The summed E-state index contributed by atoms with van der Waals surface area (Å²) in [6, 6.07) is 21.2. The Morgan fingerprint density at radius 3 is 2.33 bits per heavy atom. The van der Waals surface area contributed by atoms with E-state index >= 15 is 0 Å². The molecule has 0 aliphatic carbocycles. The fourth-order valence-corrected chi connectivity index (χ4v) is 7.06. The van der Waals surface area contributed by atoms with E-state index in [9.17, 15) is 14.7 Å². The molecule has 0 saturated carbocycles.